The molecule has 1 heterocycles. The first-order chi connectivity index (χ1) is 5.72. The molecule has 0 aromatic heterocycles. The summed E-state index contributed by atoms with van der Waals surface area (Å²) in [7, 11) is 0. The number of aliphatic carboxylic acids is 1. The Morgan fingerprint density at radius 1 is 1.38 bits per heavy atom. The van der Waals surface area contributed by atoms with Crippen LogP contribution in [0.4, 0.5) is 0 Å². The number of carbonyl (C=O) groups is 1. The normalized spacial score (nSPS) is 30.3. The van der Waals surface area contributed by atoms with Crippen molar-refractivity contribution in [2.45, 2.75) is 38.1 Å². The van der Waals surface area contributed by atoms with Crippen LogP contribution in [-0.2, 0) is 4.79 Å². The Morgan fingerprint density at radius 3 is 2.46 bits per heavy atom. The maximum atomic E-state index is 10.7. The van der Waals surface area contributed by atoms with E-state index in [1.165, 1.54) is 25.7 Å². The van der Waals surface area contributed by atoms with Gasteiger partial charge in [-0.3, -0.25) is 4.79 Å². The molecule has 3 nitrogen and oxygen atoms in total. The first-order valence-corrected chi connectivity index (χ1v) is 4.68. The SMILES string of the molecule is Cl.O=C(O)[C@@H]1CC2(CCCC2)CN1. The third-order valence-corrected chi connectivity index (χ3v) is 3.32. The lowest BCUT2D eigenvalue weighted by atomic mass is 9.84. The summed E-state index contributed by atoms with van der Waals surface area (Å²) >= 11 is 0. The van der Waals surface area contributed by atoms with Crippen LogP contribution in [0.2, 0.25) is 0 Å². The zero-order valence-corrected chi connectivity index (χ0v) is 8.40. The van der Waals surface area contributed by atoms with E-state index in [-0.39, 0.29) is 18.4 Å². The molecule has 1 aliphatic heterocycles. The van der Waals surface area contributed by atoms with Crippen LogP contribution in [0.1, 0.15) is 32.1 Å². The number of hydrogen-bond donors (Lipinski definition) is 2. The van der Waals surface area contributed by atoms with E-state index in [0.29, 0.717) is 5.41 Å². The maximum absolute atomic E-state index is 10.7. The van der Waals surface area contributed by atoms with Crippen molar-refractivity contribution in [3.05, 3.63) is 0 Å². The third-order valence-electron chi connectivity index (χ3n) is 3.32. The van der Waals surface area contributed by atoms with Gasteiger partial charge in [0.25, 0.3) is 0 Å². The van der Waals surface area contributed by atoms with Crippen LogP contribution in [0.15, 0.2) is 0 Å². The summed E-state index contributed by atoms with van der Waals surface area (Å²) < 4.78 is 0. The highest BCUT2D eigenvalue weighted by Crippen LogP contribution is 2.44. The van der Waals surface area contributed by atoms with Gasteiger partial charge >= 0.3 is 5.97 Å². The summed E-state index contributed by atoms with van der Waals surface area (Å²) in [6.07, 6.45) is 5.87. The van der Waals surface area contributed by atoms with Crippen LogP contribution in [0, 0.1) is 5.41 Å². The summed E-state index contributed by atoms with van der Waals surface area (Å²) in [6.45, 7) is 0.921. The van der Waals surface area contributed by atoms with Crippen molar-refractivity contribution >= 4 is 18.4 Å². The second-order valence-electron chi connectivity index (χ2n) is 4.18. The summed E-state index contributed by atoms with van der Waals surface area (Å²) in [6, 6.07) is -0.275. The van der Waals surface area contributed by atoms with E-state index < -0.39 is 5.97 Å². The van der Waals surface area contributed by atoms with Crippen LogP contribution >= 0.6 is 12.4 Å². The number of carboxylic acids is 1. The highest BCUT2D eigenvalue weighted by Gasteiger charge is 2.43. The van der Waals surface area contributed by atoms with Crippen LogP contribution in [0.25, 0.3) is 0 Å². The molecule has 76 valence electrons. The predicted molar refractivity (Wildman–Crippen MR) is 52.2 cm³/mol. The lowest BCUT2D eigenvalue weighted by Gasteiger charge is -2.20. The second-order valence-corrected chi connectivity index (χ2v) is 4.18. The van der Waals surface area contributed by atoms with Gasteiger partial charge in [0, 0.05) is 6.54 Å². The predicted octanol–water partition coefficient (Wildman–Crippen LogP) is 1.42. The fourth-order valence-electron chi connectivity index (χ4n) is 2.60. The van der Waals surface area contributed by atoms with Crippen LogP contribution in [0.5, 0.6) is 0 Å². The van der Waals surface area contributed by atoms with Crippen LogP contribution < -0.4 is 5.32 Å². The van der Waals surface area contributed by atoms with Gasteiger partial charge < -0.3 is 10.4 Å². The van der Waals surface area contributed by atoms with E-state index in [1.807, 2.05) is 0 Å². The highest BCUT2D eigenvalue weighted by atomic mass is 35.5. The Morgan fingerprint density at radius 2 is 2.00 bits per heavy atom. The van der Waals surface area contributed by atoms with Crippen molar-refractivity contribution in [1.82, 2.24) is 5.32 Å². The molecule has 2 fully saturated rings. The molecular weight excluding hydrogens is 190 g/mol. The zero-order valence-electron chi connectivity index (χ0n) is 7.58. The molecule has 0 unspecified atom stereocenters. The molecule has 1 spiro atoms. The van der Waals surface area contributed by atoms with Crippen molar-refractivity contribution in [3.63, 3.8) is 0 Å². The van der Waals surface area contributed by atoms with Gasteiger partial charge in [-0.1, -0.05) is 12.8 Å². The van der Waals surface area contributed by atoms with Gasteiger partial charge in [-0.05, 0) is 24.7 Å². The van der Waals surface area contributed by atoms with Crippen molar-refractivity contribution in [3.8, 4) is 0 Å². The van der Waals surface area contributed by atoms with E-state index in [2.05, 4.69) is 5.32 Å². The average Bonchev–Trinajstić information content (AvgIpc) is 2.62. The fourth-order valence-corrected chi connectivity index (χ4v) is 2.60. The molecule has 1 saturated heterocycles. The second kappa shape index (κ2) is 3.84. The van der Waals surface area contributed by atoms with Gasteiger partial charge in [-0.2, -0.15) is 0 Å². The first kappa shape index (κ1) is 10.8. The van der Waals surface area contributed by atoms with E-state index >= 15 is 0 Å². The minimum atomic E-state index is -0.682. The van der Waals surface area contributed by atoms with E-state index in [9.17, 15) is 4.79 Å². The minimum Gasteiger partial charge on any atom is -0.480 e. The molecule has 2 N–H and O–H groups in total. The summed E-state index contributed by atoms with van der Waals surface area (Å²) in [5.74, 6) is -0.682. The number of rotatable bonds is 1. The molecule has 0 aromatic carbocycles. The van der Waals surface area contributed by atoms with Crippen molar-refractivity contribution in [1.29, 1.82) is 0 Å². The number of nitrogens with one attached hydrogen (secondary N) is 1. The zero-order chi connectivity index (χ0) is 8.60. The number of carboxylic acid groups (broad SMARTS) is 1. The standard InChI is InChI=1S/C9H15NO2.ClH/c11-8(12)7-5-9(6-10-7)3-1-2-4-9;/h7,10H,1-6H2,(H,11,12);1H/t7-;/m0./s1. The third kappa shape index (κ3) is 1.97. The van der Waals surface area contributed by atoms with Crippen molar-refractivity contribution in [2.24, 2.45) is 5.41 Å². The quantitative estimate of drug-likeness (QED) is 0.681. The Kier molecular flexibility index (Phi) is 3.19. The Hall–Kier alpha value is -0.280. The van der Waals surface area contributed by atoms with E-state index in [4.69, 9.17) is 5.11 Å². The van der Waals surface area contributed by atoms with Crippen molar-refractivity contribution < 1.29 is 9.90 Å². The molecule has 4 heteroatoms. The van der Waals surface area contributed by atoms with Gasteiger partial charge in [0.15, 0.2) is 0 Å². The molecule has 0 aromatic rings. The number of hydrogen-bond acceptors (Lipinski definition) is 2. The molecule has 2 aliphatic rings. The van der Waals surface area contributed by atoms with Gasteiger partial charge in [0.2, 0.25) is 0 Å². The molecule has 0 amide bonds. The molecule has 1 saturated carbocycles. The molecule has 1 aliphatic carbocycles. The Bertz CT molecular complexity index is 202. The topological polar surface area (TPSA) is 49.3 Å². The summed E-state index contributed by atoms with van der Waals surface area (Å²) in [4.78, 5) is 10.7. The Labute approximate surface area is 84.3 Å². The maximum Gasteiger partial charge on any atom is 0.320 e. The number of halogens is 1. The van der Waals surface area contributed by atoms with Crippen LogP contribution in [0.3, 0.4) is 0 Å². The molecule has 0 bridgehead atoms. The van der Waals surface area contributed by atoms with Gasteiger partial charge in [-0.15, -0.1) is 12.4 Å². The van der Waals surface area contributed by atoms with Gasteiger partial charge in [-0.25, -0.2) is 0 Å². The average molecular weight is 206 g/mol. The van der Waals surface area contributed by atoms with E-state index in [0.717, 1.165) is 13.0 Å². The van der Waals surface area contributed by atoms with E-state index in [1.54, 1.807) is 0 Å². The van der Waals surface area contributed by atoms with Gasteiger partial charge in [0.1, 0.15) is 6.04 Å². The summed E-state index contributed by atoms with van der Waals surface area (Å²) in [5.41, 5.74) is 0.350. The molecule has 13 heavy (non-hydrogen) atoms. The molecule has 0 radical (unpaired) electrons. The highest BCUT2D eigenvalue weighted by molar-refractivity contribution is 5.85. The monoisotopic (exact) mass is 205 g/mol. The van der Waals surface area contributed by atoms with Gasteiger partial charge in [0.05, 0.1) is 0 Å². The fraction of sp³-hybridized carbons (Fsp3) is 0.889. The lowest BCUT2D eigenvalue weighted by Crippen LogP contribution is -2.30. The van der Waals surface area contributed by atoms with Crippen LogP contribution in [-0.4, -0.2) is 23.7 Å². The van der Waals surface area contributed by atoms with Crippen molar-refractivity contribution in [2.75, 3.05) is 6.54 Å². The Balaban J connectivity index is 0.000000845. The molecule has 2 rings (SSSR count). The summed E-state index contributed by atoms with van der Waals surface area (Å²) in [5, 5.41) is 11.9. The molecular formula is C9H16ClNO2. The smallest absolute Gasteiger partial charge is 0.320 e. The largest absolute Gasteiger partial charge is 0.480 e. The lowest BCUT2D eigenvalue weighted by molar-refractivity contribution is -0.139. The molecule has 1 atom stereocenters. The minimum absolute atomic E-state index is 0. The first-order valence-electron chi connectivity index (χ1n) is 4.68.